The van der Waals surface area contributed by atoms with Crippen LogP contribution in [-0.4, -0.2) is 35.4 Å². The van der Waals surface area contributed by atoms with Crippen molar-refractivity contribution in [1.29, 1.82) is 0 Å². The van der Waals surface area contributed by atoms with Crippen LogP contribution in [-0.2, 0) is 31.0 Å². The highest BCUT2D eigenvalue weighted by Gasteiger charge is 2.50. The first-order valence-corrected chi connectivity index (χ1v) is 16.3. The van der Waals surface area contributed by atoms with Gasteiger partial charge in [0.25, 0.3) is 5.91 Å². The van der Waals surface area contributed by atoms with Crippen LogP contribution >= 0.6 is 11.6 Å². The zero-order chi connectivity index (χ0) is 30.5. The molecular formula is C35H41ClFN3O4. The van der Waals surface area contributed by atoms with E-state index in [-0.39, 0.29) is 42.2 Å². The highest BCUT2D eigenvalue weighted by atomic mass is 35.5. The maximum atomic E-state index is 15.4. The molecular weight excluding hydrogens is 581 g/mol. The lowest BCUT2D eigenvalue weighted by atomic mass is 9.81. The Morgan fingerprint density at radius 1 is 1.09 bits per heavy atom. The van der Waals surface area contributed by atoms with Gasteiger partial charge in [-0.1, -0.05) is 86.5 Å². The number of aromatic nitrogens is 2. The third-order valence-corrected chi connectivity index (χ3v) is 9.91. The topological polar surface area (TPSA) is 74.6 Å². The lowest BCUT2D eigenvalue weighted by Gasteiger charge is -2.37. The molecule has 7 nitrogen and oxygen atoms in total. The van der Waals surface area contributed by atoms with Gasteiger partial charge < -0.3 is 24.1 Å². The largest absolute Gasteiger partial charge is 0.461 e. The van der Waals surface area contributed by atoms with Crippen molar-refractivity contribution < 1.29 is 23.4 Å². The van der Waals surface area contributed by atoms with E-state index in [1.807, 2.05) is 30.3 Å². The molecule has 6 rings (SSSR count). The molecule has 2 unspecified atom stereocenters. The Bertz CT molecular complexity index is 1470. The third kappa shape index (κ3) is 5.98. The summed E-state index contributed by atoms with van der Waals surface area (Å²) < 4.78 is 34.9. The van der Waals surface area contributed by atoms with Gasteiger partial charge in [0.2, 0.25) is 6.79 Å². The Labute approximate surface area is 263 Å². The molecule has 0 saturated heterocycles. The zero-order valence-electron chi connectivity index (χ0n) is 25.3. The number of hydrogen-bond donors (Lipinski definition) is 1. The lowest BCUT2D eigenvalue weighted by Crippen LogP contribution is -2.54. The molecule has 0 spiro atoms. The molecule has 2 aromatic carbocycles. The molecule has 3 aromatic rings. The van der Waals surface area contributed by atoms with Crippen molar-refractivity contribution in [2.75, 3.05) is 13.9 Å². The van der Waals surface area contributed by atoms with Crippen LogP contribution in [0, 0.1) is 11.7 Å². The summed E-state index contributed by atoms with van der Waals surface area (Å²) >= 11 is 6.85. The molecule has 0 radical (unpaired) electrons. The van der Waals surface area contributed by atoms with E-state index in [2.05, 4.69) is 5.32 Å². The maximum absolute atomic E-state index is 15.4. The van der Waals surface area contributed by atoms with E-state index in [0.717, 1.165) is 68.9 Å². The second kappa shape index (κ2) is 13.7. The number of amides is 1. The Balaban J connectivity index is 1.54. The Kier molecular flexibility index (Phi) is 9.57. The first kappa shape index (κ1) is 30.7. The van der Waals surface area contributed by atoms with Crippen molar-refractivity contribution in [1.82, 2.24) is 14.9 Å². The van der Waals surface area contributed by atoms with Gasteiger partial charge in [-0.25, -0.2) is 9.37 Å². The number of nitrogens with zero attached hydrogens (tertiary/aromatic N) is 2. The summed E-state index contributed by atoms with van der Waals surface area (Å²) in [6.07, 6.45) is 15.4. The average molecular weight is 622 g/mol. The second-order valence-corrected chi connectivity index (χ2v) is 12.6. The monoisotopic (exact) mass is 621 g/mol. The fraction of sp³-hybridized carbons (Fsp3) is 0.486. The number of carbonyl (C=O) groups is 1. The summed E-state index contributed by atoms with van der Waals surface area (Å²) in [6, 6.07) is 13.0. The number of ether oxygens (including phenoxy) is 3. The van der Waals surface area contributed by atoms with Gasteiger partial charge in [0.1, 0.15) is 17.9 Å². The van der Waals surface area contributed by atoms with Crippen LogP contribution in [0.15, 0.2) is 66.9 Å². The standard InChI is InChI=1S/C35H41ClFN3O4/c1-42-32(25-13-7-3-8-14-25)27-17-18-28(37)31(36)30(27)33-38-19-20-40(33)35(29-22-43-23-44-29,21-24-11-5-2-6-12-24)34(41)39-26-15-9-4-10-16-26/h2,5-6,11-12,17-20,22,25-26,32H,3-4,7-10,13-16,21,23H2,1H3,(H,39,41). The molecule has 1 aromatic heterocycles. The number of hydrogen-bond acceptors (Lipinski definition) is 5. The number of imidazole rings is 1. The Morgan fingerprint density at radius 3 is 2.50 bits per heavy atom. The molecule has 2 atom stereocenters. The van der Waals surface area contributed by atoms with Crippen molar-refractivity contribution in [3.05, 3.63) is 88.8 Å². The van der Waals surface area contributed by atoms with Crippen molar-refractivity contribution >= 4 is 17.5 Å². The first-order chi connectivity index (χ1) is 21.5. The van der Waals surface area contributed by atoms with Gasteiger partial charge in [-0.3, -0.25) is 4.79 Å². The fourth-order valence-electron chi connectivity index (χ4n) is 7.33. The molecule has 2 aliphatic carbocycles. The number of methoxy groups -OCH3 is 1. The van der Waals surface area contributed by atoms with E-state index in [1.54, 1.807) is 30.1 Å². The quantitative estimate of drug-likeness (QED) is 0.250. The summed E-state index contributed by atoms with van der Waals surface area (Å²) in [5.74, 6) is 0.204. The molecule has 234 valence electrons. The molecule has 1 aliphatic heterocycles. The molecule has 2 fully saturated rings. The molecule has 1 amide bonds. The smallest absolute Gasteiger partial charge is 0.254 e. The Hall–Kier alpha value is -3.36. The number of carbonyl (C=O) groups excluding carboxylic acids is 1. The summed E-state index contributed by atoms with van der Waals surface area (Å²) in [5, 5.41) is 3.31. The summed E-state index contributed by atoms with van der Waals surface area (Å²) in [4.78, 5) is 19.6. The SMILES string of the molecule is COC(c1ccc(F)c(Cl)c1-c1nccn1C(Cc1ccccc1)(C(=O)NC1CCCCC1)C1=COCO1)C1CCCCC1. The lowest BCUT2D eigenvalue weighted by molar-refractivity contribution is -0.131. The molecule has 0 bridgehead atoms. The zero-order valence-corrected chi connectivity index (χ0v) is 26.0. The molecule has 9 heteroatoms. The Morgan fingerprint density at radius 2 is 1.82 bits per heavy atom. The summed E-state index contributed by atoms with van der Waals surface area (Å²) in [7, 11) is 1.69. The van der Waals surface area contributed by atoms with Crippen LogP contribution in [0.2, 0.25) is 5.02 Å². The van der Waals surface area contributed by atoms with Gasteiger partial charge in [-0.15, -0.1) is 0 Å². The van der Waals surface area contributed by atoms with E-state index < -0.39 is 11.4 Å². The fourth-order valence-corrected chi connectivity index (χ4v) is 7.59. The minimum Gasteiger partial charge on any atom is -0.461 e. The van der Waals surface area contributed by atoms with E-state index in [0.29, 0.717) is 17.1 Å². The predicted octanol–water partition coefficient (Wildman–Crippen LogP) is 7.84. The maximum Gasteiger partial charge on any atom is 0.254 e. The molecule has 3 aliphatic rings. The van der Waals surface area contributed by atoms with Gasteiger partial charge in [-0.2, -0.15) is 0 Å². The third-order valence-electron chi connectivity index (χ3n) is 9.54. The minimum absolute atomic E-state index is 0.00792. The van der Waals surface area contributed by atoms with Crippen molar-refractivity contribution in [2.45, 2.75) is 88.3 Å². The van der Waals surface area contributed by atoms with Crippen LogP contribution in [0.4, 0.5) is 4.39 Å². The van der Waals surface area contributed by atoms with Crippen LogP contribution in [0.5, 0.6) is 0 Å². The number of nitrogens with one attached hydrogen (secondary N) is 1. The summed E-state index contributed by atoms with van der Waals surface area (Å²) in [6.45, 7) is -0.00792. The average Bonchev–Trinajstić information content (AvgIpc) is 3.77. The van der Waals surface area contributed by atoms with Gasteiger partial charge >= 0.3 is 0 Å². The number of halogens is 2. The number of benzene rings is 2. The van der Waals surface area contributed by atoms with Crippen molar-refractivity contribution in [3.8, 4) is 11.4 Å². The predicted molar refractivity (Wildman–Crippen MR) is 167 cm³/mol. The van der Waals surface area contributed by atoms with E-state index in [1.165, 1.54) is 18.7 Å². The van der Waals surface area contributed by atoms with Gasteiger partial charge in [0.05, 0.1) is 11.1 Å². The normalized spacial score (nSPS) is 19.8. The van der Waals surface area contributed by atoms with E-state index >= 15 is 4.39 Å². The van der Waals surface area contributed by atoms with E-state index in [9.17, 15) is 4.79 Å². The highest BCUT2D eigenvalue weighted by Crippen LogP contribution is 2.45. The second-order valence-electron chi connectivity index (χ2n) is 12.2. The van der Waals surface area contributed by atoms with Crippen LogP contribution in [0.3, 0.4) is 0 Å². The molecule has 2 saturated carbocycles. The molecule has 2 heterocycles. The van der Waals surface area contributed by atoms with Crippen molar-refractivity contribution in [3.63, 3.8) is 0 Å². The summed E-state index contributed by atoms with van der Waals surface area (Å²) in [5.41, 5.74) is 0.681. The van der Waals surface area contributed by atoms with Crippen LogP contribution < -0.4 is 5.32 Å². The van der Waals surface area contributed by atoms with Crippen LogP contribution in [0.25, 0.3) is 11.4 Å². The first-order valence-electron chi connectivity index (χ1n) is 15.9. The van der Waals surface area contributed by atoms with E-state index in [4.69, 9.17) is 30.8 Å². The van der Waals surface area contributed by atoms with Gasteiger partial charge in [0, 0.05) is 37.5 Å². The molecule has 1 N–H and O–H groups in total. The van der Waals surface area contributed by atoms with Crippen LogP contribution in [0.1, 0.15) is 81.4 Å². The molecule has 44 heavy (non-hydrogen) atoms. The van der Waals surface area contributed by atoms with Gasteiger partial charge in [-0.05, 0) is 48.8 Å². The number of rotatable bonds is 10. The minimum atomic E-state index is -1.43. The van der Waals surface area contributed by atoms with Gasteiger partial charge in [0.15, 0.2) is 11.3 Å². The van der Waals surface area contributed by atoms with Crippen molar-refractivity contribution in [2.24, 2.45) is 5.92 Å². The highest BCUT2D eigenvalue weighted by molar-refractivity contribution is 6.33.